The van der Waals surface area contributed by atoms with Gasteiger partial charge in [-0.2, -0.15) is 13.2 Å². The standard InChI is InChI=1S/C10H10F3NO3S/c11-10(12,13)7-2-1-3-8-9(7)6(4-17-14)5-18(8,15)16/h1-3,6H,4-5,14H2. The van der Waals surface area contributed by atoms with E-state index >= 15 is 0 Å². The zero-order chi connectivity index (χ0) is 13.6. The summed E-state index contributed by atoms with van der Waals surface area (Å²) in [5, 5.41) is 0. The van der Waals surface area contributed by atoms with Gasteiger partial charge in [-0.15, -0.1) is 0 Å². The Balaban J connectivity index is 2.67. The SMILES string of the molecule is NOCC1CS(=O)(=O)c2cccc(C(F)(F)F)c21. The number of nitrogens with two attached hydrogens (primary N) is 1. The highest BCUT2D eigenvalue weighted by molar-refractivity contribution is 7.91. The third kappa shape index (κ3) is 2.11. The second kappa shape index (κ2) is 4.22. The quantitative estimate of drug-likeness (QED) is 0.833. The molecule has 1 aromatic carbocycles. The van der Waals surface area contributed by atoms with Gasteiger partial charge in [-0.3, -0.25) is 0 Å². The molecule has 1 aliphatic rings. The largest absolute Gasteiger partial charge is 0.416 e. The van der Waals surface area contributed by atoms with Crippen LogP contribution in [0.25, 0.3) is 0 Å². The van der Waals surface area contributed by atoms with Gasteiger partial charge in [-0.25, -0.2) is 14.3 Å². The third-order valence-electron chi connectivity index (χ3n) is 2.83. The molecule has 0 radical (unpaired) electrons. The molecule has 18 heavy (non-hydrogen) atoms. The summed E-state index contributed by atoms with van der Waals surface area (Å²) in [5.41, 5.74) is -1.18. The van der Waals surface area contributed by atoms with Crippen molar-refractivity contribution in [1.82, 2.24) is 0 Å². The van der Waals surface area contributed by atoms with Crippen LogP contribution in [0.2, 0.25) is 0 Å². The number of hydrogen-bond donors (Lipinski definition) is 1. The van der Waals surface area contributed by atoms with E-state index in [0.717, 1.165) is 12.1 Å². The average molecular weight is 281 g/mol. The maximum Gasteiger partial charge on any atom is 0.416 e. The normalized spacial score (nSPS) is 21.9. The number of hydrogen-bond acceptors (Lipinski definition) is 4. The van der Waals surface area contributed by atoms with Crippen LogP contribution >= 0.6 is 0 Å². The molecule has 0 amide bonds. The van der Waals surface area contributed by atoms with E-state index < -0.39 is 33.2 Å². The van der Waals surface area contributed by atoms with Crippen molar-refractivity contribution in [3.05, 3.63) is 29.3 Å². The molecule has 0 fully saturated rings. The summed E-state index contributed by atoms with van der Waals surface area (Å²) in [4.78, 5) is 4.03. The van der Waals surface area contributed by atoms with E-state index in [1.807, 2.05) is 0 Å². The van der Waals surface area contributed by atoms with Crippen molar-refractivity contribution < 1.29 is 26.4 Å². The van der Waals surface area contributed by atoms with Crippen LogP contribution < -0.4 is 5.90 Å². The number of alkyl halides is 3. The van der Waals surface area contributed by atoms with Crippen molar-refractivity contribution in [1.29, 1.82) is 0 Å². The third-order valence-corrected chi connectivity index (χ3v) is 4.70. The molecule has 2 rings (SSSR count). The minimum Gasteiger partial charge on any atom is -0.304 e. The summed E-state index contributed by atoms with van der Waals surface area (Å²) >= 11 is 0. The van der Waals surface area contributed by atoms with Gasteiger partial charge in [0.05, 0.1) is 22.8 Å². The number of rotatable bonds is 2. The lowest BCUT2D eigenvalue weighted by Gasteiger charge is -2.15. The summed E-state index contributed by atoms with van der Waals surface area (Å²) < 4.78 is 62.0. The lowest BCUT2D eigenvalue weighted by Crippen LogP contribution is -2.16. The molecule has 1 atom stereocenters. The van der Waals surface area contributed by atoms with Crippen molar-refractivity contribution >= 4 is 9.84 Å². The van der Waals surface area contributed by atoms with Crippen molar-refractivity contribution in [2.24, 2.45) is 5.90 Å². The zero-order valence-electron chi connectivity index (χ0n) is 9.07. The summed E-state index contributed by atoms with van der Waals surface area (Å²) in [7, 11) is -3.70. The van der Waals surface area contributed by atoms with Crippen LogP contribution in [0.15, 0.2) is 23.1 Å². The van der Waals surface area contributed by atoms with E-state index in [0.29, 0.717) is 0 Å². The molecule has 1 aliphatic heterocycles. The lowest BCUT2D eigenvalue weighted by molar-refractivity contribution is -0.138. The zero-order valence-corrected chi connectivity index (χ0v) is 9.88. The maximum atomic E-state index is 12.8. The molecule has 1 aromatic rings. The Morgan fingerprint density at radius 3 is 2.61 bits per heavy atom. The molecule has 0 saturated heterocycles. The Labute approximate surface area is 101 Å². The van der Waals surface area contributed by atoms with Gasteiger partial charge in [0.15, 0.2) is 9.84 Å². The van der Waals surface area contributed by atoms with Crippen molar-refractivity contribution in [2.75, 3.05) is 12.4 Å². The predicted octanol–water partition coefficient (Wildman–Crippen LogP) is 1.47. The predicted molar refractivity (Wildman–Crippen MR) is 56.4 cm³/mol. The molecule has 100 valence electrons. The molecule has 0 aliphatic carbocycles. The van der Waals surface area contributed by atoms with Gasteiger partial charge < -0.3 is 4.84 Å². The van der Waals surface area contributed by atoms with E-state index in [9.17, 15) is 21.6 Å². The van der Waals surface area contributed by atoms with Crippen LogP contribution in [0, 0.1) is 0 Å². The Morgan fingerprint density at radius 2 is 2.06 bits per heavy atom. The number of sulfone groups is 1. The maximum absolute atomic E-state index is 12.8. The minimum atomic E-state index is -4.60. The van der Waals surface area contributed by atoms with Crippen LogP contribution in [-0.4, -0.2) is 20.8 Å². The van der Waals surface area contributed by atoms with Crippen molar-refractivity contribution in [3.8, 4) is 0 Å². The van der Waals surface area contributed by atoms with Crippen LogP contribution in [0.3, 0.4) is 0 Å². The minimum absolute atomic E-state index is 0.240. The molecular formula is C10H10F3NO3S. The molecule has 1 unspecified atom stereocenters. The second-order valence-corrected chi connectivity index (χ2v) is 6.03. The van der Waals surface area contributed by atoms with Gasteiger partial charge in [0.25, 0.3) is 0 Å². The van der Waals surface area contributed by atoms with E-state index in [2.05, 4.69) is 4.84 Å². The van der Waals surface area contributed by atoms with Gasteiger partial charge in [-0.05, 0) is 17.7 Å². The van der Waals surface area contributed by atoms with Gasteiger partial charge in [0, 0.05) is 5.92 Å². The highest BCUT2D eigenvalue weighted by atomic mass is 32.2. The fourth-order valence-corrected chi connectivity index (χ4v) is 4.04. The highest BCUT2D eigenvalue weighted by Gasteiger charge is 2.43. The smallest absolute Gasteiger partial charge is 0.304 e. The molecular weight excluding hydrogens is 271 g/mol. The lowest BCUT2D eigenvalue weighted by atomic mass is 9.96. The van der Waals surface area contributed by atoms with Gasteiger partial charge in [0.1, 0.15) is 0 Å². The summed E-state index contributed by atoms with van der Waals surface area (Å²) in [6.07, 6.45) is -4.60. The molecule has 0 saturated carbocycles. The Bertz CT molecular complexity index is 568. The fraction of sp³-hybridized carbons (Fsp3) is 0.400. The van der Waals surface area contributed by atoms with Crippen molar-refractivity contribution in [2.45, 2.75) is 17.0 Å². The molecule has 0 spiro atoms. The topological polar surface area (TPSA) is 69.4 Å². The first-order chi connectivity index (χ1) is 8.27. The number of benzene rings is 1. The fourth-order valence-electron chi connectivity index (χ4n) is 2.17. The first-order valence-corrected chi connectivity index (χ1v) is 6.67. The van der Waals surface area contributed by atoms with Crippen LogP contribution in [0.5, 0.6) is 0 Å². The summed E-state index contributed by atoms with van der Waals surface area (Å²) in [6.45, 7) is -0.265. The monoisotopic (exact) mass is 281 g/mol. The first kappa shape index (κ1) is 13.3. The highest BCUT2D eigenvalue weighted by Crippen LogP contribution is 2.43. The molecule has 2 N–H and O–H groups in total. The van der Waals surface area contributed by atoms with Crippen LogP contribution in [0.4, 0.5) is 13.2 Å². The van der Waals surface area contributed by atoms with E-state index in [1.54, 1.807) is 0 Å². The van der Waals surface area contributed by atoms with Gasteiger partial charge in [0.2, 0.25) is 0 Å². The van der Waals surface area contributed by atoms with Crippen molar-refractivity contribution in [3.63, 3.8) is 0 Å². The van der Waals surface area contributed by atoms with Crippen LogP contribution in [-0.2, 0) is 20.9 Å². The van der Waals surface area contributed by atoms with Gasteiger partial charge in [-0.1, -0.05) is 6.07 Å². The molecule has 0 aromatic heterocycles. The number of halogens is 3. The van der Waals surface area contributed by atoms with E-state index in [4.69, 9.17) is 5.90 Å². The van der Waals surface area contributed by atoms with Gasteiger partial charge >= 0.3 is 6.18 Å². The van der Waals surface area contributed by atoms with E-state index in [-0.39, 0.29) is 17.1 Å². The van der Waals surface area contributed by atoms with E-state index in [1.165, 1.54) is 6.07 Å². The molecule has 8 heteroatoms. The molecule has 0 bridgehead atoms. The second-order valence-electron chi connectivity index (χ2n) is 4.03. The summed E-state index contributed by atoms with van der Waals surface area (Å²) in [5.74, 6) is 3.55. The first-order valence-electron chi connectivity index (χ1n) is 5.02. The van der Waals surface area contributed by atoms with Crippen LogP contribution in [0.1, 0.15) is 17.0 Å². The summed E-state index contributed by atoms with van der Waals surface area (Å²) in [6, 6.07) is 3.13. The molecule has 1 heterocycles. The Kier molecular flexibility index (Phi) is 3.12. The Hall–Kier alpha value is -1.12. The Morgan fingerprint density at radius 1 is 1.39 bits per heavy atom. The molecule has 4 nitrogen and oxygen atoms in total. The average Bonchev–Trinajstić information content (AvgIpc) is 2.50. The number of fused-ring (bicyclic) bond motifs is 1.